The van der Waals surface area contributed by atoms with Crippen LogP contribution >= 0.6 is 0 Å². The van der Waals surface area contributed by atoms with Crippen molar-refractivity contribution in [2.24, 2.45) is 5.92 Å². The summed E-state index contributed by atoms with van der Waals surface area (Å²) in [7, 11) is 2.07. The zero-order chi connectivity index (χ0) is 20.5. The van der Waals surface area contributed by atoms with Crippen LogP contribution in [0.2, 0.25) is 0 Å². The Balaban J connectivity index is 1.87. The average Bonchev–Trinajstić information content (AvgIpc) is 2.71. The Hall–Kier alpha value is -2.82. The highest BCUT2D eigenvalue weighted by Gasteiger charge is 2.08. The minimum absolute atomic E-state index is 0.00941. The molecule has 5 heteroatoms. The van der Waals surface area contributed by atoms with Crippen LogP contribution in [0.1, 0.15) is 49.5 Å². The SMILES string of the molecule is CCCCN(C)c1ccc(C(=O)NCc2ccc(NC(=O)C(C)C)cc2)cc1. The minimum atomic E-state index is -0.0973. The van der Waals surface area contributed by atoms with E-state index >= 15 is 0 Å². The second-order valence-electron chi connectivity index (χ2n) is 7.35. The number of anilines is 2. The highest BCUT2D eigenvalue weighted by Crippen LogP contribution is 2.15. The number of carbonyl (C=O) groups excluding carboxylic acids is 2. The van der Waals surface area contributed by atoms with E-state index in [0.29, 0.717) is 12.1 Å². The zero-order valence-electron chi connectivity index (χ0n) is 17.3. The van der Waals surface area contributed by atoms with Crippen LogP contribution in [0.5, 0.6) is 0 Å². The average molecular weight is 382 g/mol. The van der Waals surface area contributed by atoms with Gasteiger partial charge >= 0.3 is 0 Å². The molecule has 5 nitrogen and oxygen atoms in total. The van der Waals surface area contributed by atoms with E-state index in [2.05, 4.69) is 29.5 Å². The summed E-state index contributed by atoms with van der Waals surface area (Å²) < 4.78 is 0. The fraction of sp³-hybridized carbons (Fsp3) is 0.391. The van der Waals surface area contributed by atoms with E-state index in [1.54, 1.807) is 0 Å². The second-order valence-corrected chi connectivity index (χ2v) is 7.35. The van der Waals surface area contributed by atoms with E-state index in [4.69, 9.17) is 0 Å². The second kappa shape index (κ2) is 10.5. The minimum Gasteiger partial charge on any atom is -0.375 e. The van der Waals surface area contributed by atoms with Crippen molar-refractivity contribution in [2.45, 2.75) is 40.2 Å². The molecular weight excluding hydrogens is 350 g/mol. The van der Waals surface area contributed by atoms with Crippen LogP contribution in [0.4, 0.5) is 11.4 Å². The lowest BCUT2D eigenvalue weighted by Crippen LogP contribution is -2.23. The van der Waals surface area contributed by atoms with Gasteiger partial charge in [0.05, 0.1) is 0 Å². The molecule has 0 saturated carbocycles. The van der Waals surface area contributed by atoms with Crippen LogP contribution in [-0.2, 0) is 11.3 Å². The molecule has 0 fully saturated rings. The summed E-state index contributed by atoms with van der Waals surface area (Å²) in [6.45, 7) is 7.34. The Morgan fingerprint density at radius 1 is 1.00 bits per heavy atom. The van der Waals surface area contributed by atoms with Crippen molar-refractivity contribution < 1.29 is 9.59 Å². The van der Waals surface area contributed by atoms with E-state index in [-0.39, 0.29) is 17.7 Å². The Morgan fingerprint density at radius 3 is 2.21 bits per heavy atom. The van der Waals surface area contributed by atoms with Gasteiger partial charge in [-0.1, -0.05) is 39.3 Å². The molecule has 0 saturated heterocycles. The fourth-order valence-electron chi connectivity index (χ4n) is 2.67. The lowest BCUT2D eigenvalue weighted by atomic mass is 10.1. The van der Waals surface area contributed by atoms with E-state index < -0.39 is 0 Å². The van der Waals surface area contributed by atoms with Gasteiger partial charge in [-0.25, -0.2) is 0 Å². The van der Waals surface area contributed by atoms with Crippen molar-refractivity contribution in [3.63, 3.8) is 0 Å². The third-order valence-electron chi connectivity index (χ3n) is 4.62. The molecule has 0 spiro atoms. The van der Waals surface area contributed by atoms with Gasteiger partial charge in [0.15, 0.2) is 0 Å². The molecule has 0 atom stereocenters. The number of nitrogens with one attached hydrogen (secondary N) is 2. The van der Waals surface area contributed by atoms with Gasteiger partial charge in [0.1, 0.15) is 0 Å². The molecule has 0 heterocycles. The quantitative estimate of drug-likeness (QED) is 0.675. The lowest BCUT2D eigenvalue weighted by Gasteiger charge is -2.19. The number of hydrogen-bond donors (Lipinski definition) is 2. The smallest absolute Gasteiger partial charge is 0.251 e. The Kier molecular flexibility index (Phi) is 8.05. The van der Waals surface area contributed by atoms with Gasteiger partial charge in [-0.2, -0.15) is 0 Å². The number of amides is 2. The summed E-state index contributed by atoms with van der Waals surface area (Å²) in [6, 6.07) is 15.2. The molecule has 0 bridgehead atoms. The summed E-state index contributed by atoms with van der Waals surface area (Å²) in [5.41, 5.74) is 3.50. The third-order valence-corrected chi connectivity index (χ3v) is 4.62. The number of rotatable bonds is 9. The maximum atomic E-state index is 12.4. The van der Waals surface area contributed by atoms with Crippen molar-refractivity contribution in [2.75, 3.05) is 23.8 Å². The number of nitrogens with zero attached hydrogens (tertiary/aromatic N) is 1. The molecule has 0 unspecified atom stereocenters. The Morgan fingerprint density at radius 2 is 1.64 bits per heavy atom. The standard InChI is InChI=1S/C23H31N3O2/c1-5-6-15-26(4)21-13-9-19(10-14-21)23(28)24-16-18-7-11-20(12-8-18)25-22(27)17(2)3/h7-14,17H,5-6,15-16H2,1-4H3,(H,24,28)(H,25,27). The highest BCUT2D eigenvalue weighted by molar-refractivity contribution is 5.94. The number of carbonyl (C=O) groups is 2. The number of hydrogen-bond acceptors (Lipinski definition) is 3. The molecule has 2 amide bonds. The molecule has 0 radical (unpaired) electrons. The molecule has 0 aromatic heterocycles. The zero-order valence-corrected chi connectivity index (χ0v) is 17.3. The van der Waals surface area contributed by atoms with E-state index in [0.717, 1.165) is 36.3 Å². The van der Waals surface area contributed by atoms with Gasteiger partial charge in [-0.15, -0.1) is 0 Å². The summed E-state index contributed by atoms with van der Waals surface area (Å²) in [6.07, 6.45) is 2.31. The monoisotopic (exact) mass is 381 g/mol. The van der Waals surface area contributed by atoms with Gasteiger partial charge in [0, 0.05) is 43.0 Å². The van der Waals surface area contributed by atoms with Crippen LogP contribution in [0.3, 0.4) is 0 Å². The predicted octanol–water partition coefficient (Wildman–Crippen LogP) is 4.45. The van der Waals surface area contributed by atoms with Crippen molar-refractivity contribution in [1.29, 1.82) is 0 Å². The lowest BCUT2D eigenvalue weighted by molar-refractivity contribution is -0.118. The summed E-state index contributed by atoms with van der Waals surface area (Å²) >= 11 is 0. The van der Waals surface area contributed by atoms with Gasteiger partial charge in [-0.3, -0.25) is 9.59 Å². The first-order chi connectivity index (χ1) is 13.4. The maximum absolute atomic E-state index is 12.4. The third kappa shape index (κ3) is 6.41. The van der Waals surface area contributed by atoms with E-state index in [1.807, 2.05) is 62.4 Å². The van der Waals surface area contributed by atoms with Crippen molar-refractivity contribution in [1.82, 2.24) is 5.32 Å². The largest absolute Gasteiger partial charge is 0.375 e. The first-order valence-electron chi connectivity index (χ1n) is 9.90. The van der Waals surface area contributed by atoms with E-state index in [1.165, 1.54) is 0 Å². The molecular formula is C23H31N3O2. The van der Waals surface area contributed by atoms with Gasteiger partial charge in [0.2, 0.25) is 5.91 Å². The molecule has 150 valence electrons. The van der Waals surface area contributed by atoms with Crippen LogP contribution in [-0.4, -0.2) is 25.4 Å². The van der Waals surface area contributed by atoms with Crippen LogP contribution in [0, 0.1) is 5.92 Å². The normalized spacial score (nSPS) is 10.6. The van der Waals surface area contributed by atoms with Crippen LogP contribution in [0.25, 0.3) is 0 Å². The highest BCUT2D eigenvalue weighted by atomic mass is 16.2. The first kappa shape index (κ1) is 21.5. The van der Waals surface area contributed by atoms with Gasteiger partial charge in [-0.05, 0) is 48.4 Å². The van der Waals surface area contributed by atoms with Crippen molar-refractivity contribution >= 4 is 23.2 Å². The van der Waals surface area contributed by atoms with Crippen LogP contribution < -0.4 is 15.5 Å². The Labute approximate surface area is 168 Å². The molecule has 2 aromatic rings. The van der Waals surface area contributed by atoms with Crippen molar-refractivity contribution in [3.05, 3.63) is 59.7 Å². The maximum Gasteiger partial charge on any atom is 0.251 e. The molecule has 0 aliphatic carbocycles. The summed E-state index contributed by atoms with van der Waals surface area (Å²) in [4.78, 5) is 26.3. The van der Waals surface area contributed by atoms with Crippen LogP contribution in [0.15, 0.2) is 48.5 Å². The van der Waals surface area contributed by atoms with Gasteiger partial charge in [0.25, 0.3) is 5.91 Å². The molecule has 0 aliphatic heterocycles. The van der Waals surface area contributed by atoms with Crippen molar-refractivity contribution in [3.8, 4) is 0 Å². The summed E-state index contributed by atoms with van der Waals surface area (Å²) in [5.74, 6) is -0.165. The predicted molar refractivity (Wildman–Crippen MR) is 116 cm³/mol. The first-order valence-corrected chi connectivity index (χ1v) is 9.90. The summed E-state index contributed by atoms with van der Waals surface area (Å²) in [5, 5.41) is 5.79. The molecule has 2 rings (SSSR count). The molecule has 2 N–H and O–H groups in total. The topological polar surface area (TPSA) is 61.4 Å². The molecule has 28 heavy (non-hydrogen) atoms. The van der Waals surface area contributed by atoms with E-state index in [9.17, 15) is 9.59 Å². The van der Waals surface area contributed by atoms with Gasteiger partial charge < -0.3 is 15.5 Å². The number of benzene rings is 2. The molecule has 0 aliphatic rings. The fourth-order valence-corrected chi connectivity index (χ4v) is 2.67. The number of unbranched alkanes of at least 4 members (excludes halogenated alkanes) is 1. The Bertz CT molecular complexity index is 767. The molecule has 2 aromatic carbocycles.